The number of rotatable bonds is 3. The number of hydrogen-bond donors (Lipinski definition) is 2. The highest BCUT2D eigenvalue weighted by atomic mass is 16.6. The summed E-state index contributed by atoms with van der Waals surface area (Å²) >= 11 is 0. The van der Waals surface area contributed by atoms with E-state index in [1.165, 1.54) is 0 Å². The minimum absolute atomic E-state index is 0.0136. The molecule has 23 heavy (non-hydrogen) atoms. The summed E-state index contributed by atoms with van der Waals surface area (Å²) in [6.07, 6.45) is 1.49. The molecule has 2 atom stereocenters. The summed E-state index contributed by atoms with van der Waals surface area (Å²) in [5.74, 6) is -0.292. The Labute approximate surface area is 137 Å². The number of Topliss-reactive ketones (excluding diaryl/α,β-unsaturated/α-hetero) is 1. The van der Waals surface area contributed by atoms with Crippen LogP contribution in [0.1, 0.15) is 40.0 Å². The molecule has 2 saturated heterocycles. The third-order valence-corrected chi connectivity index (χ3v) is 4.06. The van der Waals surface area contributed by atoms with Crippen LogP contribution in [-0.2, 0) is 14.3 Å². The second-order valence-electron chi connectivity index (χ2n) is 7.23. The van der Waals surface area contributed by atoms with Gasteiger partial charge >= 0.3 is 6.09 Å². The first-order valence-electron chi connectivity index (χ1n) is 8.28. The number of carbonyl (C=O) groups is 3. The molecular weight excluding hydrogens is 298 g/mol. The van der Waals surface area contributed by atoms with Gasteiger partial charge < -0.3 is 20.3 Å². The molecule has 2 heterocycles. The van der Waals surface area contributed by atoms with Crippen molar-refractivity contribution in [3.63, 3.8) is 0 Å². The summed E-state index contributed by atoms with van der Waals surface area (Å²) in [7, 11) is 0. The van der Waals surface area contributed by atoms with Crippen molar-refractivity contribution in [2.24, 2.45) is 5.92 Å². The zero-order valence-corrected chi connectivity index (χ0v) is 14.2. The van der Waals surface area contributed by atoms with Crippen molar-refractivity contribution in [2.45, 2.75) is 51.7 Å². The van der Waals surface area contributed by atoms with Crippen molar-refractivity contribution < 1.29 is 19.1 Å². The van der Waals surface area contributed by atoms with Crippen molar-refractivity contribution in [3.05, 3.63) is 0 Å². The van der Waals surface area contributed by atoms with E-state index in [9.17, 15) is 14.4 Å². The van der Waals surface area contributed by atoms with Crippen molar-refractivity contribution in [3.8, 4) is 0 Å². The molecule has 130 valence electrons. The second kappa shape index (κ2) is 7.29. The van der Waals surface area contributed by atoms with E-state index >= 15 is 0 Å². The number of ether oxygens (including phenoxy) is 1. The van der Waals surface area contributed by atoms with Crippen LogP contribution in [0.4, 0.5) is 4.79 Å². The molecule has 1 unspecified atom stereocenters. The molecule has 0 radical (unpaired) electrons. The minimum Gasteiger partial charge on any atom is -0.444 e. The molecule has 2 aliphatic heterocycles. The van der Waals surface area contributed by atoms with E-state index < -0.39 is 17.7 Å². The highest BCUT2D eigenvalue weighted by molar-refractivity contribution is 5.90. The maximum atomic E-state index is 12.4. The predicted octanol–water partition coefficient (Wildman–Crippen LogP) is 0.681. The fraction of sp³-hybridized carbons (Fsp3) is 0.812. The summed E-state index contributed by atoms with van der Waals surface area (Å²) in [5, 5.41) is 5.94. The Bertz CT molecular complexity index is 472. The molecular formula is C16H27N3O4. The number of piperidine rings is 1. The Kier molecular flexibility index (Phi) is 5.62. The van der Waals surface area contributed by atoms with Crippen LogP contribution in [0.2, 0.25) is 0 Å². The largest absolute Gasteiger partial charge is 0.444 e. The van der Waals surface area contributed by atoms with E-state index in [1.807, 2.05) is 20.8 Å². The molecule has 0 saturated carbocycles. The second-order valence-corrected chi connectivity index (χ2v) is 7.23. The van der Waals surface area contributed by atoms with Gasteiger partial charge in [-0.15, -0.1) is 0 Å². The smallest absolute Gasteiger partial charge is 0.410 e. The Morgan fingerprint density at radius 2 is 2.04 bits per heavy atom. The number of piperazine rings is 1. The quantitative estimate of drug-likeness (QED) is 0.797. The van der Waals surface area contributed by atoms with Gasteiger partial charge in [0.1, 0.15) is 5.60 Å². The molecule has 0 aromatic heterocycles. The molecule has 2 fully saturated rings. The van der Waals surface area contributed by atoms with E-state index in [0.717, 1.165) is 12.8 Å². The number of ketones is 1. The van der Waals surface area contributed by atoms with E-state index in [1.54, 1.807) is 4.90 Å². The van der Waals surface area contributed by atoms with Gasteiger partial charge in [0.15, 0.2) is 5.78 Å². The van der Waals surface area contributed by atoms with Crippen LogP contribution in [0, 0.1) is 5.92 Å². The lowest BCUT2D eigenvalue weighted by Gasteiger charge is -2.34. The van der Waals surface area contributed by atoms with E-state index in [2.05, 4.69) is 10.6 Å². The molecule has 2 amide bonds. The number of carbonyl (C=O) groups excluding carboxylic acids is 3. The van der Waals surface area contributed by atoms with Crippen molar-refractivity contribution >= 4 is 17.8 Å². The molecule has 0 spiro atoms. The highest BCUT2D eigenvalue weighted by Gasteiger charge is 2.33. The van der Waals surface area contributed by atoms with Crippen molar-refractivity contribution in [2.75, 3.05) is 26.2 Å². The van der Waals surface area contributed by atoms with Gasteiger partial charge in [0, 0.05) is 38.5 Å². The molecule has 2 N–H and O–H groups in total. The average Bonchev–Trinajstić information content (AvgIpc) is 2.48. The summed E-state index contributed by atoms with van der Waals surface area (Å²) < 4.78 is 5.36. The van der Waals surface area contributed by atoms with E-state index in [-0.39, 0.29) is 24.0 Å². The monoisotopic (exact) mass is 325 g/mol. The lowest BCUT2D eigenvalue weighted by molar-refractivity contribution is -0.132. The first kappa shape index (κ1) is 17.7. The molecule has 2 rings (SSSR count). The maximum Gasteiger partial charge on any atom is 0.410 e. The molecule has 7 heteroatoms. The van der Waals surface area contributed by atoms with Crippen LogP contribution < -0.4 is 10.6 Å². The van der Waals surface area contributed by atoms with Crippen LogP contribution in [0.25, 0.3) is 0 Å². The van der Waals surface area contributed by atoms with Gasteiger partial charge in [0.25, 0.3) is 0 Å². The lowest BCUT2D eigenvalue weighted by Crippen LogP contribution is -2.56. The number of nitrogens with one attached hydrogen (secondary N) is 2. The Morgan fingerprint density at radius 3 is 2.70 bits per heavy atom. The van der Waals surface area contributed by atoms with E-state index in [4.69, 9.17) is 4.74 Å². The van der Waals surface area contributed by atoms with Gasteiger partial charge in [0.05, 0.1) is 6.04 Å². The van der Waals surface area contributed by atoms with Crippen LogP contribution in [0.5, 0.6) is 0 Å². The van der Waals surface area contributed by atoms with Crippen LogP contribution in [0.3, 0.4) is 0 Å². The lowest BCUT2D eigenvalue weighted by atomic mass is 9.91. The first-order valence-corrected chi connectivity index (χ1v) is 8.28. The third kappa shape index (κ3) is 5.20. The zero-order valence-electron chi connectivity index (χ0n) is 14.2. The summed E-state index contributed by atoms with van der Waals surface area (Å²) in [4.78, 5) is 37.9. The standard InChI is InChI=1S/C16H27N3O4/c1-16(2,3)23-15(22)19-8-7-17-12(10-19)13(20)9-11-5-4-6-18-14(11)21/h11-12,17H,4-10H2,1-3H3,(H,18,21)/t11-,12?/m1/s1. The van der Waals surface area contributed by atoms with Gasteiger partial charge in [-0.3, -0.25) is 9.59 Å². The average molecular weight is 325 g/mol. The predicted molar refractivity (Wildman–Crippen MR) is 85.0 cm³/mol. The molecule has 2 aliphatic rings. The van der Waals surface area contributed by atoms with Gasteiger partial charge in [-0.2, -0.15) is 0 Å². The van der Waals surface area contributed by atoms with Crippen molar-refractivity contribution in [1.82, 2.24) is 15.5 Å². The van der Waals surface area contributed by atoms with Crippen LogP contribution in [-0.4, -0.2) is 60.5 Å². The third-order valence-electron chi connectivity index (χ3n) is 4.06. The van der Waals surface area contributed by atoms with Crippen molar-refractivity contribution in [1.29, 1.82) is 0 Å². The fourth-order valence-corrected chi connectivity index (χ4v) is 2.87. The SMILES string of the molecule is CC(C)(C)OC(=O)N1CCNC(C(=O)C[C@H]2CCCNC2=O)C1. The fourth-order valence-electron chi connectivity index (χ4n) is 2.87. The molecule has 7 nitrogen and oxygen atoms in total. The minimum atomic E-state index is -0.554. The molecule has 0 aliphatic carbocycles. The summed E-state index contributed by atoms with van der Waals surface area (Å²) in [6, 6.07) is -0.425. The molecule has 0 bridgehead atoms. The van der Waals surface area contributed by atoms with Gasteiger partial charge in [0.2, 0.25) is 5.91 Å². The number of amides is 2. The Balaban J connectivity index is 1.88. The maximum absolute atomic E-state index is 12.4. The van der Waals surface area contributed by atoms with Gasteiger partial charge in [-0.1, -0.05) is 0 Å². The molecule has 0 aromatic carbocycles. The Hall–Kier alpha value is -1.63. The Morgan fingerprint density at radius 1 is 1.30 bits per heavy atom. The van der Waals surface area contributed by atoms with Gasteiger partial charge in [-0.05, 0) is 33.6 Å². The topological polar surface area (TPSA) is 87.7 Å². The van der Waals surface area contributed by atoms with Gasteiger partial charge in [-0.25, -0.2) is 4.79 Å². The number of nitrogens with zero attached hydrogens (tertiary/aromatic N) is 1. The summed E-state index contributed by atoms with van der Waals surface area (Å²) in [6.45, 7) is 7.50. The zero-order chi connectivity index (χ0) is 17.0. The van der Waals surface area contributed by atoms with Crippen LogP contribution >= 0.6 is 0 Å². The number of hydrogen-bond acceptors (Lipinski definition) is 5. The summed E-state index contributed by atoms with van der Waals surface area (Å²) in [5.41, 5.74) is -0.554. The van der Waals surface area contributed by atoms with E-state index in [0.29, 0.717) is 26.2 Å². The van der Waals surface area contributed by atoms with Crippen LogP contribution in [0.15, 0.2) is 0 Å². The normalized spacial score (nSPS) is 25.7. The molecule has 0 aromatic rings. The first-order chi connectivity index (χ1) is 10.8. The highest BCUT2D eigenvalue weighted by Crippen LogP contribution is 2.18.